The zero-order chi connectivity index (χ0) is 11.3. The summed E-state index contributed by atoms with van der Waals surface area (Å²) in [5, 5.41) is 9.66. The molecule has 15 heavy (non-hydrogen) atoms. The maximum atomic E-state index is 9.66. The maximum absolute atomic E-state index is 9.66. The highest BCUT2D eigenvalue weighted by molar-refractivity contribution is 9.10. The molecule has 1 rings (SSSR count). The Labute approximate surface area is 99.4 Å². The third-order valence-electron chi connectivity index (χ3n) is 2.19. The Bertz CT molecular complexity index is 312. The van der Waals surface area contributed by atoms with Gasteiger partial charge >= 0.3 is 0 Å². The topological polar surface area (TPSA) is 29.5 Å². The second kappa shape index (κ2) is 6.13. The molecule has 0 spiro atoms. The van der Waals surface area contributed by atoms with Gasteiger partial charge in [0.15, 0.2) is 0 Å². The first-order valence-electron chi connectivity index (χ1n) is 5.29. The lowest BCUT2D eigenvalue weighted by atomic mass is 10.1. The molecule has 1 N–H and O–H groups in total. The van der Waals surface area contributed by atoms with Crippen molar-refractivity contribution in [2.45, 2.75) is 32.8 Å². The molecule has 0 aromatic heterocycles. The van der Waals surface area contributed by atoms with Gasteiger partial charge in [-0.25, -0.2) is 0 Å². The number of hydrogen-bond acceptors (Lipinski definition) is 2. The first-order valence-corrected chi connectivity index (χ1v) is 6.08. The highest BCUT2D eigenvalue weighted by Gasteiger charge is 2.08. The van der Waals surface area contributed by atoms with E-state index in [0.717, 1.165) is 28.6 Å². The number of ether oxygens (including phenoxy) is 1. The average molecular weight is 273 g/mol. The van der Waals surface area contributed by atoms with Gasteiger partial charge in [0.2, 0.25) is 0 Å². The molecule has 0 saturated heterocycles. The Morgan fingerprint density at radius 2 is 2.13 bits per heavy atom. The Hall–Kier alpha value is -0.540. The molecule has 1 aromatic carbocycles. The van der Waals surface area contributed by atoms with Crippen LogP contribution in [0.2, 0.25) is 0 Å². The Morgan fingerprint density at radius 1 is 1.40 bits per heavy atom. The van der Waals surface area contributed by atoms with Gasteiger partial charge in [0.1, 0.15) is 5.75 Å². The van der Waals surface area contributed by atoms with E-state index in [4.69, 9.17) is 4.74 Å². The molecular weight excluding hydrogens is 256 g/mol. The van der Waals surface area contributed by atoms with E-state index in [1.165, 1.54) is 0 Å². The highest BCUT2D eigenvalue weighted by Crippen LogP contribution is 2.29. The van der Waals surface area contributed by atoms with Gasteiger partial charge in [-0.1, -0.05) is 19.9 Å². The summed E-state index contributed by atoms with van der Waals surface area (Å²) in [4.78, 5) is 0. The van der Waals surface area contributed by atoms with Crippen LogP contribution < -0.4 is 4.74 Å². The minimum atomic E-state index is -0.387. The fourth-order valence-corrected chi connectivity index (χ4v) is 1.80. The number of rotatable bonds is 5. The van der Waals surface area contributed by atoms with Crippen molar-refractivity contribution in [3.8, 4) is 5.75 Å². The van der Waals surface area contributed by atoms with Crippen molar-refractivity contribution in [3.05, 3.63) is 28.2 Å². The van der Waals surface area contributed by atoms with Crippen molar-refractivity contribution in [2.75, 3.05) is 6.61 Å². The van der Waals surface area contributed by atoms with Crippen LogP contribution in [0.1, 0.15) is 38.4 Å². The second-order valence-electron chi connectivity index (χ2n) is 3.46. The third kappa shape index (κ3) is 3.50. The summed E-state index contributed by atoms with van der Waals surface area (Å²) in [6.45, 7) is 4.75. The fourth-order valence-electron chi connectivity index (χ4n) is 1.29. The van der Waals surface area contributed by atoms with Crippen LogP contribution in [0.4, 0.5) is 0 Å². The highest BCUT2D eigenvalue weighted by atomic mass is 79.9. The quantitative estimate of drug-likeness (QED) is 0.886. The third-order valence-corrected chi connectivity index (χ3v) is 2.81. The van der Waals surface area contributed by atoms with E-state index in [9.17, 15) is 5.11 Å². The number of aliphatic hydroxyl groups excluding tert-OH is 1. The molecule has 0 amide bonds. The predicted molar refractivity (Wildman–Crippen MR) is 65.2 cm³/mol. The number of benzene rings is 1. The number of halogens is 1. The van der Waals surface area contributed by atoms with Gasteiger partial charge in [0, 0.05) is 0 Å². The smallest absolute Gasteiger partial charge is 0.133 e. The van der Waals surface area contributed by atoms with Crippen LogP contribution in [0.15, 0.2) is 22.7 Å². The fraction of sp³-hybridized carbons (Fsp3) is 0.500. The van der Waals surface area contributed by atoms with Crippen molar-refractivity contribution in [1.29, 1.82) is 0 Å². The lowest BCUT2D eigenvalue weighted by molar-refractivity contribution is 0.173. The molecule has 0 bridgehead atoms. The van der Waals surface area contributed by atoms with Gasteiger partial charge in [-0.15, -0.1) is 0 Å². The summed E-state index contributed by atoms with van der Waals surface area (Å²) in [6, 6.07) is 5.72. The van der Waals surface area contributed by atoms with E-state index in [0.29, 0.717) is 6.61 Å². The summed E-state index contributed by atoms with van der Waals surface area (Å²) in [5.74, 6) is 0.837. The Morgan fingerprint density at radius 3 is 2.67 bits per heavy atom. The zero-order valence-corrected chi connectivity index (χ0v) is 10.8. The Balaban J connectivity index is 2.78. The molecule has 1 aromatic rings. The van der Waals surface area contributed by atoms with Crippen LogP contribution in [0.3, 0.4) is 0 Å². The van der Waals surface area contributed by atoms with Crippen LogP contribution in [0.5, 0.6) is 5.75 Å². The van der Waals surface area contributed by atoms with Crippen LogP contribution in [-0.4, -0.2) is 11.7 Å². The van der Waals surface area contributed by atoms with E-state index in [2.05, 4.69) is 22.9 Å². The lowest BCUT2D eigenvalue weighted by Gasteiger charge is -2.11. The SMILES string of the molecule is CCCOc1ccc([C@@H](O)CC)cc1Br. The largest absolute Gasteiger partial charge is 0.492 e. The first kappa shape index (κ1) is 12.5. The normalized spacial score (nSPS) is 12.5. The van der Waals surface area contributed by atoms with E-state index < -0.39 is 0 Å². The van der Waals surface area contributed by atoms with Gasteiger partial charge in [-0.3, -0.25) is 0 Å². The number of aliphatic hydroxyl groups is 1. The molecular formula is C12H17BrO2. The van der Waals surface area contributed by atoms with Gasteiger partial charge < -0.3 is 9.84 Å². The monoisotopic (exact) mass is 272 g/mol. The van der Waals surface area contributed by atoms with E-state index in [1.54, 1.807) is 0 Å². The second-order valence-corrected chi connectivity index (χ2v) is 4.32. The van der Waals surface area contributed by atoms with Crippen LogP contribution >= 0.6 is 15.9 Å². The summed E-state index contributed by atoms with van der Waals surface area (Å²) in [7, 11) is 0. The summed E-state index contributed by atoms with van der Waals surface area (Å²) in [6.07, 6.45) is 1.33. The average Bonchev–Trinajstić information content (AvgIpc) is 2.26. The molecule has 1 atom stereocenters. The van der Waals surface area contributed by atoms with Crippen molar-refractivity contribution in [2.24, 2.45) is 0 Å². The van der Waals surface area contributed by atoms with E-state index >= 15 is 0 Å². The molecule has 0 radical (unpaired) electrons. The van der Waals surface area contributed by atoms with Gasteiger partial charge in [0.25, 0.3) is 0 Å². The van der Waals surface area contributed by atoms with Crippen molar-refractivity contribution in [1.82, 2.24) is 0 Å². The minimum Gasteiger partial charge on any atom is -0.492 e. The van der Waals surface area contributed by atoms with Crippen molar-refractivity contribution < 1.29 is 9.84 Å². The Kier molecular flexibility index (Phi) is 5.12. The van der Waals surface area contributed by atoms with E-state index in [1.807, 2.05) is 25.1 Å². The molecule has 84 valence electrons. The first-order chi connectivity index (χ1) is 7.19. The molecule has 0 fully saturated rings. The van der Waals surface area contributed by atoms with Crippen molar-refractivity contribution in [3.63, 3.8) is 0 Å². The lowest BCUT2D eigenvalue weighted by Crippen LogP contribution is -1.98. The molecule has 3 heteroatoms. The minimum absolute atomic E-state index is 0.387. The van der Waals surface area contributed by atoms with Gasteiger partial charge in [0.05, 0.1) is 17.2 Å². The molecule has 2 nitrogen and oxygen atoms in total. The molecule has 0 heterocycles. The molecule has 0 aliphatic rings. The predicted octanol–water partition coefficient (Wildman–Crippen LogP) is 3.68. The summed E-state index contributed by atoms with van der Waals surface area (Å²) in [5.41, 5.74) is 0.924. The summed E-state index contributed by atoms with van der Waals surface area (Å²) >= 11 is 3.44. The van der Waals surface area contributed by atoms with Gasteiger partial charge in [-0.2, -0.15) is 0 Å². The van der Waals surface area contributed by atoms with Crippen LogP contribution in [0.25, 0.3) is 0 Å². The molecule has 0 unspecified atom stereocenters. The molecule has 0 aliphatic carbocycles. The van der Waals surface area contributed by atoms with Crippen LogP contribution in [-0.2, 0) is 0 Å². The van der Waals surface area contributed by atoms with Gasteiger partial charge in [-0.05, 0) is 46.5 Å². The molecule has 0 aliphatic heterocycles. The number of hydrogen-bond donors (Lipinski definition) is 1. The van der Waals surface area contributed by atoms with Crippen LogP contribution in [0, 0.1) is 0 Å². The van der Waals surface area contributed by atoms with Crippen molar-refractivity contribution >= 4 is 15.9 Å². The summed E-state index contributed by atoms with van der Waals surface area (Å²) < 4.78 is 6.43. The zero-order valence-electron chi connectivity index (χ0n) is 9.16. The standard InChI is InChI=1S/C12H17BrO2/c1-3-7-15-12-6-5-9(8-10(12)13)11(14)4-2/h5-6,8,11,14H,3-4,7H2,1-2H3/t11-/m0/s1. The molecule has 0 saturated carbocycles. The maximum Gasteiger partial charge on any atom is 0.133 e. The van der Waals surface area contributed by atoms with E-state index in [-0.39, 0.29) is 6.10 Å².